The number of thiophene rings is 1. The van der Waals surface area contributed by atoms with Crippen LogP contribution in [0, 0.1) is 0 Å². The highest BCUT2D eigenvalue weighted by atomic mass is 32.1. The van der Waals surface area contributed by atoms with Crippen molar-refractivity contribution < 1.29 is 9.53 Å². The van der Waals surface area contributed by atoms with Crippen molar-refractivity contribution in [2.24, 2.45) is 0 Å². The summed E-state index contributed by atoms with van der Waals surface area (Å²) < 4.78 is 6.44. The lowest BCUT2D eigenvalue weighted by atomic mass is 9.74. The van der Waals surface area contributed by atoms with Gasteiger partial charge in [0, 0.05) is 36.5 Å². The average Bonchev–Trinajstić information content (AvgIpc) is 3.46. The number of piperidine rings is 1. The van der Waals surface area contributed by atoms with Crippen LogP contribution in [0.15, 0.2) is 66.0 Å². The summed E-state index contributed by atoms with van der Waals surface area (Å²) in [5.74, 6) is 0.718. The fourth-order valence-electron chi connectivity index (χ4n) is 5.86. The van der Waals surface area contributed by atoms with Crippen LogP contribution in [0.3, 0.4) is 0 Å². The van der Waals surface area contributed by atoms with E-state index in [1.165, 1.54) is 16.0 Å². The quantitative estimate of drug-likeness (QED) is 0.422. The Morgan fingerprint density at radius 1 is 1.05 bits per heavy atom. The molecule has 1 saturated heterocycles. The highest BCUT2D eigenvalue weighted by Crippen LogP contribution is 2.42. The van der Waals surface area contributed by atoms with E-state index >= 15 is 0 Å². The molecule has 1 fully saturated rings. The van der Waals surface area contributed by atoms with E-state index in [1.807, 2.05) is 31.3 Å². The minimum Gasteiger partial charge on any atom is -0.483 e. The predicted octanol–water partition coefficient (Wildman–Crippen LogP) is 4.90. The molecule has 1 spiro atoms. The highest BCUT2D eigenvalue weighted by Gasteiger charge is 2.43. The first-order valence-corrected chi connectivity index (χ1v) is 14.2. The number of likely N-dealkylation sites (N-methyl/N-ethyl adjacent to an activating group) is 1. The molecule has 0 bridgehead atoms. The first-order chi connectivity index (χ1) is 18.1. The number of nitrogens with one attached hydrogen (secondary N) is 2. The summed E-state index contributed by atoms with van der Waals surface area (Å²) in [6, 6.07) is 20.8. The molecule has 0 aliphatic carbocycles. The van der Waals surface area contributed by atoms with Crippen molar-refractivity contribution in [1.29, 1.82) is 0 Å². The van der Waals surface area contributed by atoms with Gasteiger partial charge < -0.3 is 15.4 Å². The number of carbonyl (C=O) groups is 1. The van der Waals surface area contributed by atoms with Crippen LogP contribution in [0.1, 0.15) is 41.4 Å². The molecule has 3 aromatic rings. The standard InChI is InChI=1S/C30H38N4O2S/c1-31-17-13-27(28-12-7-21-37-28)36-26-11-6-5-10-25(26)32-29(35)22-34-19-15-30(16-20-34)24-9-4-3-8-23(24)14-18-33(30)2/h3-12,21,27,31H,13-20,22H2,1-2H3,(H,32,35)/t27-/m0/s1. The second-order valence-corrected chi connectivity index (χ2v) is 11.2. The molecule has 1 atom stereocenters. The number of nitrogens with zero attached hydrogens (tertiary/aromatic N) is 2. The Morgan fingerprint density at radius 3 is 2.62 bits per heavy atom. The molecule has 0 saturated carbocycles. The van der Waals surface area contributed by atoms with Gasteiger partial charge in [0.1, 0.15) is 11.9 Å². The molecule has 6 nitrogen and oxygen atoms in total. The Kier molecular flexibility index (Phi) is 8.25. The van der Waals surface area contributed by atoms with Gasteiger partial charge in [-0.05, 0) is 74.6 Å². The van der Waals surface area contributed by atoms with E-state index in [-0.39, 0.29) is 17.6 Å². The minimum atomic E-state index is -0.0563. The summed E-state index contributed by atoms with van der Waals surface area (Å²) in [6.07, 6.45) is 4.00. The largest absolute Gasteiger partial charge is 0.483 e. The molecule has 2 aliphatic rings. The van der Waals surface area contributed by atoms with Gasteiger partial charge in [-0.25, -0.2) is 0 Å². The number of anilines is 1. The molecule has 2 aromatic carbocycles. The van der Waals surface area contributed by atoms with Gasteiger partial charge in [0.15, 0.2) is 0 Å². The number of ether oxygens (including phenoxy) is 1. The summed E-state index contributed by atoms with van der Waals surface area (Å²) in [4.78, 5) is 19.1. The lowest BCUT2D eigenvalue weighted by Gasteiger charge is -2.51. The molecule has 7 heteroatoms. The van der Waals surface area contributed by atoms with Crippen molar-refractivity contribution >= 4 is 22.9 Å². The number of rotatable bonds is 9. The molecular formula is C30H38N4O2S. The molecule has 2 aliphatic heterocycles. The molecule has 1 amide bonds. The molecule has 0 radical (unpaired) electrons. The number of amides is 1. The monoisotopic (exact) mass is 518 g/mol. The van der Waals surface area contributed by atoms with Gasteiger partial charge in [-0.15, -0.1) is 11.3 Å². The fraction of sp³-hybridized carbons (Fsp3) is 0.433. The van der Waals surface area contributed by atoms with Gasteiger partial charge in [0.2, 0.25) is 5.91 Å². The molecule has 37 heavy (non-hydrogen) atoms. The van der Waals surface area contributed by atoms with E-state index < -0.39 is 0 Å². The zero-order chi connectivity index (χ0) is 25.7. The van der Waals surface area contributed by atoms with E-state index in [0.29, 0.717) is 12.3 Å². The number of hydrogen-bond acceptors (Lipinski definition) is 6. The van der Waals surface area contributed by atoms with Crippen molar-refractivity contribution in [2.45, 2.75) is 37.3 Å². The van der Waals surface area contributed by atoms with Crippen LogP contribution in [-0.2, 0) is 16.8 Å². The Morgan fingerprint density at radius 2 is 1.84 bits per heavy atom. The molecule has 2 N–H and O–H groups in total. The van der Waals surface area contributed by atoms with Gasteiger partial charge in [0.25, 0.3) is 0 Å². The van der Waals surface area contributed by atoms with Crippen LogP contribution < -0.4 is 15.4 Å². The van der Waals surface area contributed by atoms with E-state index in [0.717, 1.165) is 57.5 Å². The Hall–Kier alpha value is -2.71. The number of likely N-dealkylation sites (tertiary alicyclic amines) is 1. The molecule has 0 unspecified atom stereocenters. The number of benzene rings is 2. The van der Waals surface area contributed by atoms with Crippen molar-refractivity contribution in [2.75, 3.05) is 52.1 Å². The Bertz CT molecular complexity index is 1170. The summed E-state index contributed by atoms with van der Waals surface area (Å²) in [5, 5.41) is 8.42. The molecule has 3 heterocycles. The second-order valence-electron chi connectivity index (χ2n) is 10.2. The molecule has 1 aromatic heterocycles. The fourth-order valence-corrected chi connectivity index (χ4v) is 6.65. The van der Waals surface area contributed by atoms with Crippen LogP contribution in [0.25, 0.3) is 0 Å². The zero-order valence-electron chi connectivity index (χ0n) is 21.9. The maximum absolute atomic E-state index is 13.1. The topological polar surface area (TPSA) is 56.8 Å². The van der Waals surface area contributed by atoms with Crippen molar-refractivity contribution in [3.8, 4) is 5.75 Å². The molecular weight excluding hydrogens is 480 g/mol. The third-order valence-corrected chi connectivity index (χ3v) is 8.93. The third kappa shape index (κ3) is 5.75. The number of fused-ring (bicyclic) bond motifs is 2. The van der Waals surface area contributed by atoms with Crippen LogP contribution >= 0.6 is 11.3 Å². The highest BCUT2D eigenvalue weighted by molar-refractivity contribution is 7.10. The Balaban J connectivity index is 1.21. The van der Waals surface area contributed by atoms with E-state index in [1.54, 1.807) is 11.3 Å². The lowest BCUT2D eigenvalue weighted by Crippen LogP contribution is -2.55. The zero-order valence-corrected chi connectivity index (χ0v) is 22.7. The first-order valence-electron chi connectivity index (χ1n) is 13.3. The van der Waals surface area contributed by atoms with Crippen LogP contribution in [-0.4, -0.2) is 62.5 Å². The molecule has 196 valence electrons. The normalized spacial score (nSPS) is 18.3. The Labute approximate surface area is 224 Å². The molecule has 5 rings (SSSR count). The summed E-state index contributed by atoms with van der Waals surface area (Å²) in [6.45, 7) is 4.16. The minimum absolute atomic E-state index is 0.00676. The van der Waals surface area contributed by atoms with Crippen LogP contribution in [0.2, 0.25) is 0 Å². The van der Waals surface area contributed by atoms with Crippen molar-refractivity contribution in [3.63, 3.8) is 0 Å². The van der Waals surface area contributed by atoms with E-state index in [4.69, 9.17) is 4.74 Å². The van der Waals surface area contributed by atoms with Gasteiger partial charge in [-0.1, -0.05) is 42.5 Å². The maximum atomic E-state index is 13.1. The van der Waals surface area contributed by atoms with Gasteiger partial charge in [-0.2, -0.15) is 0 Å². The predicted molar refractivity (Wildman–Crippen MR) is 151 cm³/mol. The SMILES string of the molecule is CNCC[C@H](Oc1ccccc1NC(=O)CN1CCC2(CC1)c1ccccc1CCN2C)c1cccs1. The van der Waals surface area contributed by atoms with E-state index in [2.05, 4.69) is 69.3 Å². The third-order valence-electron chi connectivity index (χ3n) is 7.96. The average molecular weight is 519 g/mol. The second kappa shape index (κ2) is 11.8. The van der Waals surface area contributed by atoms with Crippen LogP contribution in [0.4, 0.5) is 5.69 Å². The van der Waals surface area contributed by atoms with Gasteiger partial charge in [-0.3, -0.25) is 14.6 Å². The van der Waals surface area contributed by atoms with Gasteiger partial charge in [0.05, 0.1) is 12.2 Å². The van der Waals surface area contributed by atoms with Gasteiger partial charge >= 0.3 is 0 Å². The summed E-state index contributed by atoms with van der Waals surface area (Å²) in [7, 11) is 4.21. The smallest absolute Gasteiger partial charge is 0.238 e. The van der Waals surface area contributed by atoms with Crippen molar-refractivity contribution in [3.05, 3.63) is 82.0 Å². The number of hydrogen-bond donors (Lipinski definition) is 2. The van der Waals surface area contributed by atoms with Crippen molar-refractivity contribution in [1.82, 2.24) is 15.1 Å². The van der Waals surface area contributed by atoms with Crippen LogP contribution in [0.5, 0.6) is 5.75 Å². The summed E-state index contributed by atoms with van der Waals surface area (Å²) >= 11 is 1.70. The first kappa shape index (κ1) is 25.9. The number of carbonyl (C=O) groups excluding carboxylic acids is 1. The maximum Gasteiger partial charge on any atom is 0.238 e. The van der Waals surface area contributed by atoms with E-state index in [9.17, 15) is 4.79 Å². The lowest BCUT2D eigenvalue weighted by molar-refractivity contribution is -0.118. The summed E-state index contributed by atoms with van der Waals surface area (Å²) in [5.41, 5.74) is 3.79. The number of para-hydroxylation sites is 2.